The van der Waals surface area contributed by atoms with Crippen molar-refractivity contribution in [3.8, 4) is 0 Å². The lowest BCUT2D eigenvalue weighted by Crippen LogP contribution is -2.43. The van der Waals surface area contributed by atoms with Crippen LogP contribution in [0.15, 0.2) is 0 Å². The van der Waals surface area contributed by atoms with Gasteiger partial charge in [0.05, 0.1) is 0 Å². The highest BCUT2D eigenvalue weighted by atomic mass is 14.7. The summed E-state index contributed by atoms with van der Waals surface area (Å²) in [5.41, 5.74) is 6.75. The highest BCUT2D eigenvalue weighted by Gasteiger charge is 2.31. The Hall–Kier alpha value is -0.0400. The van der Waals surface area contributed by atoms with Crippen LogP contribution in [-0.2, 0) is 0 Å². The van der Waals surface area contributed by atoms with Crippen molar-refractivity contribution in [1.29, 1.82) is 0 Å². The molecule has 0 amide bonds. The number of rotatable bonds is 8. The number of hydrogen-bond donors (Lipinski definition) is 1. The van der Waals surface area contributed by atoms with Crippen molar-refractivity contribution in [2.75, 3.05) is 0 Å². The van der Waals surface area contributed by atoms with Gasteiger partial charge in [-0.15, -0.1) is 0 Å². The first kappa shape index (κ1) is 16.0. The van der Waals surface area contributed by atoms with E-state index >= 15 is 0 Å². The van der Waals surface area contributed by atoms with Gasteiger partial charge in [0.1, 0.15) is 0 Å². The van der Waals surface area contributed by atoms with Gasteiger partial charge in [-0.3, -0.25) is 0 Å². The van der Waals surface area contributed by atoms with Crippen LogP contribution >= 0.6 is 0 Å². The van der Waals surface area contributed by atoms with E-state index in [0.717, 1.165) is 11.8 Å². The van der Waals surface area contributed by atoms with Crippen molar-refractivity contribution in [2.24, 2.45) is 17.6 Å². The predicted molar refractivity (Wildman–Crippen MR) is 81.7 cm³/mol. The van der Waals surface area contributed by atoms with Crippen LogP contribution in [0.3, 0.4) is 0 Å². The average Bonchev–Trinajstić information content (AvgIpc) is 2.34. The molecule has 0 aromatic carbocycles. The van der Waals surface area contributed by atoms with Gasteiger partial charge in [-0.05, 0) is 43.9 Å². The lowest BCUT2D eigenvalue weighted by molar-refractivity contribution is 0.183. The van der Waals surface area contributed by atoms with Gasteiger partial charge in [0.2, 0.25) is 0 Å². The third-order valence-electron chi connectivity index (χ3n) is 5.00. The van der Waals surface area contributed by atoms with Crippen LogP contribution in [0.5, 0.6) is 0 Å². The van der Waals surface area contributed by atoms with E-state index in [9.17, 15) is 0 Å². The van der Waals surface area contributed by atoms with E-state index in [1.54, 1.807) is 0 Å². The van der Waals surface area contributed by atoms with Gasteiger partial charge < -0.3 is 5.73 Å². The minimum Gasteiger partial charge on any atom is -0.325 e. The minimum absolute atomic E-state index is 0.191. The molecule has 108 valence electrons. The van der Waals surface area contributed by atoms with E-state index in [2.05, 4.69) is 20.8 Å². The Morgan fingerprint density at radius 2 is 1.56 bits per heavy atom. The summed E-state index contributed by atoms with van der Waals surface area (Å²) >= 11 is 0. The zero-order valence-electron chi connectivity index (χ0n) is 13.0. The maximum absolute atomic E-state index is 6.56. The third-order valence-corrected chi connectivity index (χ3v) is 5.00. The smallest absolute Gasteiger partial charge is 0.0154 e. The highest BCUT2D eigenvalue weighted by Crippen LogP contribution is 2.37. The molecule has 0 saturated heterocycles. The molecule has 0 spiro atoms. The molecule has 1 fully saturated rings. The van der Waals surface area contributed by atoms with Crippen LogP contribution < -0.4 is 5.73 Å². The van der Waals surface area contributed by atoms with Crippen LogP contribution in [0.2, 0.25) is 0 Å². The van der Waals surface area contributed by atoms with E-state index in [4.69, 9.17) is 5.73 Å². The summed E-state index contributed by atoms with van der Waals surface area (Å²) in [6.45, 7) is 7.01. The molecule has 2 N–H and O–H groups in total. The highest BCUT2D eigenvalue weighted by molar-refractivity contribution is 4.90. The molecular weight excluding hydrogens is 218 g/mol. The van der Waals surface area contributed by atoms with E-state index < -0.39 is 0 Å². The maximum Gasteiger partial charge on any atom is 0.0154 e. The van der Waals surface area contributed by atoms with Crippen molar-refractivity contribution in [3.05, 3.63) is 0 Å². The van der Waals surface area contributed by atoms with Gasteiger partial charge >= 0.3 is 0 Å². The normalized spacial score (nSPS) is 28.8. The van der Waals surface area contributed by atoms with Crippen LogP contribution in [0.25, 0.3) is 0 Å². The average molecular weight is 253 g/mol. The standard InChI is InChI=1S/C17H35N/c1-4-5-6-7-8-9-12-17(18)13-10-16(11-14-17)15(2)3/h15-16H,4-14,18H2,1-3H3. The Bertz CT molecular complexity index is 202. The minimum atomic E-state index is 0.191. The maximum atomic E-state index is 6.56. The van der Waals surface area contributed by atoms with Crippen molar-refractivity contribution in [1.82, 2.24) is 0 Å². The Morgan fingerprint density at radius 3 is 2.11 bits per heavy atom. The summed E-state index contributed by atoms with van der Waals surface area (Å²) in [6, 6.07) is 0. The molecule has 18 heavy (non-hydrogen) atoms. The van der Waals surface area contributed by atoms with Crippen LogP contribution in [0.1, 0.15) is 91.4 Å². The molecule has 1 aliphatic rings. The van der Waals surface area contributed by atoms with Crippen LogP contribution in [0.4, 0.5) is 0 Å². The monoisotopic (exact) mass is 253 g/mol. The zero-order chi connectivity index (χ0) is 13.4. The quantitative estimate of drug-likeness (QED) is 0.585. The molecule has 0 aromatic heterocycles. The van der Waals surface area contributed by atoms with E-state index in [-0.39, 0.29) is 5.54 Å². The summed E-state index contributed by atoms with van der Waals surface area (Å²) in [5.74, 6) is 1.79. The van der Waals surface area contributed by atoms with Gasteiger partial charge in [0, 0.05) is 5.54 Å². The molecule has 1 saturated carbocycles. The molecule has 0 bridgehead atoms. The molecule has 0 radical (unpaired) electrons. The molecule has 0 unspecified atom stereocenters. The largest absolute Gasteiger partial charge is 0.325 e. The fourth-order valence-electron chi connectivity index (χ4n) is 3.39. The first-order chi connectivity index (χ1) is 8.57. The van der Waals surface area contributed by atoms with Crippen molar-refractivity contribution < 1.29 is 0 Å². The summed E-state index contributed by atoms with van der Waals surface area (Å²) in [7, 11) is 0. The molecule has 1 nitrogen and oxygen atoms in total. The molecule has 0 aromatic rings. The van der Waals surface area contributed by atoms with E-state index in [0.29, 0.717) is 0 Å². The second kappa shape index (κ2) is 8.19. The third kappa shape index (κ3) is 5.73. The fraction of sp³-hybridized carbons (Fsp3) is 1.00. The Kier molecular flexibility index (Phi) is 7.29. The summed E-state index contributed by atoms with van der Waals surface area (Å²) in [4.78, 5) is 0. The molecule has 0 atom stereocenters. The number of unbranched alkanes of at least 4 members (excludes halogenated alkanes) is 5. The zero-order valence-corrected chi connectivity index (χ0v) is 13.0. The van der Waals surface area contributed by atoms with Gasteiger partial charge in [0.15, 0.2) is 0 Å². The fourth-order valence-corrected chi connectivity index (χ4v) is 3.39. The molecule has 1 heteroatoms. The Labute approximate surface area is 115 Å². The lowest BCUT2D eigenvalue weighted by Gasteiger charge is -2.38. The second-order valence-corrected chi connectivity index (χ2v) is 6.96. The van der Waals surface area contributed by atoms with Gasteiger partial charge in [0.25, 0.3) is 0 Å². The van der Waals surface area contributed by atoms with E-state index in [1.807, 2.05) is 0 Å². The lowest BCUT2D eigenvalue weighted by atomic mass is 9.71. The van der Waals surface area contributed by atoms with Gasteiger partial charge in [-0.1, -0.05) is 59.3 Å². The molecule has 0 aliphatic heterocycles. The summed E-state index contributed by atoms with van der Waals surface area (Å²) < 4.78 is 0. The Balaban J connectivity index is 2.11. The second-order valence-electron chi connectivity index (χ2n) is 6.96. The molecule has 0 heterocycles. The first-order valence-electron chi connectivity index (χ1n) is 8.36. The van der Waals surface area contributed by atoms with E-state index in [1.165, 1.54) is 70.6 Å². The summed E-state index contributed by atoms with van der Waals surface area (Å²) in [5, 5.41) is 0. The molecule has 1 aliphatic carbocycles. The SMILES string of the molecule is CCCCCCCCC1(N)CCC(C(C)C)CC1. The predicted octanol–water partition coefficient (Wildman–Crippen LogP) is 5.28. The topological polar surface area (TPSA) is 26.0 Å². The molecular formula is C17H35N. The first-order valence-corrected chi connectivity index (χ1v) is 8.36. The van der Waals surface area contributed by atoms with Crippen molar-refractivity contribution in [3.63, 3.8) is 0 Å². The summed E-state index contributed by atoms with van der Waals surface area (Å²) in [6.07, 6.45) is 14.9. The number of hydrogen-bond acceptors (Lipinski definition) is 1. The van der Waals surface area contributed by atoms with Gasteiger partial charge in [-0.25, -0.2) is 0 Å². The number of nitrogens with two attached hydrogens (primary N) is 1. The van der Waals surface area contributed by atoms with Gasteiger partial charge in [-0.2, -0.15) is 0 Å². The van der Waals surface area contributed by atoms with Crippen molar-refractivity contribution in [2.45, 2.75) is 96.9 Å². The Morgan fingerprint density at radius 1 is 1.00 bits per heavy atom. The van der Waals surface area contributed by atoms with Crippen LogP contribution in [0, 0.1) is 11.8 Å². The van der Waals surface area contributed by atoms with Crippen molar-refractivity contribution >= 4 is 0 Å². The molecule has 1 rings (SSSR count). The van der Waals surface area contributed by atoms with Crippen LogP contribution in [-0.4, -0.2) is 5.54 Å².